The summed E-state index contributed by atoms with van der Waals surface area (Å²) in [5.41, 5.74) is 2.85. The van der Waals surface area contributed by atoms with Gasteiger partial charge in [0.05, 0.1) is 26.4 Å². The highest BCUT2D eigenvalue weighted by Gasteiger charge is 2.41. The lowest BCUT2D eigenvalue weighted by Gasteiger charge is -2.35. The van der Waals surface area contributed by atoms with E-state index in [0.717, 1.165) is 60.3 Å². The molecule has 0 aliphatic carbocycles. The number of ether oxygens (including phenoxy) is 3. The van der Waals surface area contributed by atoms with E-state index in [9.17, 15) is 14.7 Å². The van der Waals surface area contributed by atoms with Crippen LogP contribution in [0.2, 0.25) is 0 Å². The number of nitrogens with one attached hydrogen (secondary N) is 1. The van der Waals surface area contributed by atoms with Gasteiger partial charge in [0.25, 0.3) is 0 Å². The second-order valence-corrected chi connectivity index (χ2v) is 14.8. The van der Waals surface area contributed by atoms with Gasteiger partial charge in [0.15, 0.2) is 0 Å². The van der Waals surface area contributed by atoms with Gasteiger partial charge in [0.1, 0.15) is 23.7 Å². The number of rotatable bonds is 26. The number of aliphatic hydroxyl groups excluding tert-OH is 1. The van der Waals surface area contributed by atoms with Crippen molar-refractivity contribution in [2.24, 2.45) is 0 Å². The van der Waals surface area contributed by atoms with E-state index in [4.69, 9.17) is 14.2 Å². The number of carbonyl (C=O) groups is 2. The molecule has 0 aromatic heterocycles. The molecule has 54 heavy (non-hydrogen) atoms. The number of hydrogen-bond donors (Lipinski definition) is 2. The van der Waals surface area contributed by atoms with Crippen LogP contribution < -0.4 is 14.8 Å². The van der Waals surface area contributed by atoms with E-state index >= 15 is 0 Å². The zero-order chi connectivity index (χ0) is 38.4. The summed E-state index contributed by atoms with van der Waals surface area (Å²) in [7, 11) is 3.29. The van der Waals surface area contributed by atoms with Crippen LogP contribution in [0.25, 0.3) is 0 Å². The van der Waals surface area contributed by atoms with Crippen LogP contribution >= 0.6 is 0 Å². The molecule has 0 saturated carbocycles. The molecule has 8 nitrogen and oxygen atoms in total. The zero-order valence-corrected chi connectivity index (χ0v) is 33.2. The summed E-state index contributed by atoms with van der Waals surface area (Å²) in [5.74, 6) is 1.66. The van der Waals surface area contributed by atoms with E-state index in [2.05, 4.69) is 12.2 Å². The van der Waals surface area contributed by atoms with Gasteiger partial charge in [-0.15, -0.1) is 0 Å². The Bertz CT molecular complexity index is 1420. The Morgan fingerprint density at radius 1 is 0.685 bits per heavy atom. The Hall–Kier alpha value is -3.88. The highest BCUT2D eigenvalue weighted by molar-refractivity contribution is 5.77. The number of unbranched alkanes of at least 4 members (excludes halogenated alkanes) is 12. The number of benzene rings is 3. The number of aliphatic hydroxyl groups is 1. The number of amides is 2. The Morgan fingerprint density at radius 3 is 1.76 bits per heavy atom. The van der Waals surface area contributed by atoms with Crippen LogP contribution in [0.15, 0.2) is 78.9 Å². The molecular weight excluding hydrogens is 677 g/mol. The van der Waals surface area contributed by atoms with Crippen molar-refractivity contribution in [3.63, 3.8) is 0 Å². The molecule has 2 amide bonds. The van der Waals surface area contributed by atoms with E-state index in [1.807, 2.05) is 83.8 Å². The SMILES string of the molecule is CCCCCCCCCCCCCC(=O)NCCCCCC(=O)N1CC(O)CC1C(OC(c1ccc(OC)cc1)c1ccc(OC)cc1)c1ccccc1. The summed E-state index contributed by atoms with van der Waals surface area (Å²) in [6.07, 6.45) is 16.2. The minimum absolute atomic E-state index is 0.0204. The summed E-state index contributed by atoms with van der Waals surface area (Å²) in [6, 6.07) is 25.4. The van der Waals surface area contributed by atoms with Gasteiger partial charge >= 0.3 is 0 Å². The molecule has 3 aromatic carbocycles. The van der Waals surface area contributed by atoms with Crippen molar-refractivity contribution >= 4 is 11.8 Å². The average Bonchev–Trinajstić information content (AvgIpc) is 3.60. The van der Waals surface area contributed by atoms with Crippen molar-refractivity contribution in [3.8, 4) is 11.5 Å². The van der Waals surface area contributed by atoms with Crippen molar-refractivity contribution in [2.75, 3.05) is 27.3 Å². The van der Waals surface area contributed by atoms with Crippen LogP contribution in [-0.4, -0.2) is 61.3 Å². The first kappa shape index (κ1) is 42.9. The average molecular weight is 743 g/mol. The van der Waals surface area contributed by atoms with Crippen molar-refractivity contribution in [1.29, 1.82) is 0 Å². The standard InChI is InChI=1S/C46H66N2O6/c1-4-5-6-7-8-9-10-11-12-13-18-23-43(50)47-33-20-15-19-24-44(51)48-35-39(49)34-42(48)46(36-21-16-14-17-22-36)54-45(37-25-29-40(52-2)30-26-37)38-27-31-41(53-3)32-28-38/h14,16-17,21-22,25-32,39,42,45-46,49H,4-13,15,18-20,23-24,33-35H2,1-3H3,(H,47,50). The van der Waals surface area contributed by atoms with Crippen LogP contribution in [0.4, 0.5) is 0 Å². The van der Waals surface area contributed by atoms with E-state index in [-0.39, 0.29) is 24.4 Å². The third-order valence-electron chi connectivity index (χ3n) is 10.6. The lowest BCUT2D eigenvalue weighted by molar-refractivity contribution is -0.136. The second kappa shape index (κ2) is 24.5. The summed E-state index contributed by atoms with van der Waals surface area (Å²) in [5, 5.41) is 14.0. The summed E-state index contributed by atoms with van der Waals surface area (Å²) < 4.78 is 17.9. The lowest BCUT2D eigenvalue weighted by atomic mass is 9.96. The van der Waals surface area contributed by atoms with Gasteiger partial charge < -0.3 is 29.5 Å². The molecule has 3 aromatic rings. The first-order valence-corrected chi connectivity index (χ1v) is 20.7. The molecule has 2 N–H and O–H groups in total. The maximum atomic E-state index is 13.8. The Labute approximate surface area is 325 Å². The van der Waals surface area contributed by atoms with Gasteiger partial charge in [0.2, 0.25) is 11.8 Å². The molecule has 0 bridgehead atoms. The Morgan fingerprint density at radius 2 is 1.20 bits per heavy atom. The third-order valence-corrected chi connectivity index (χ3v) is 10.6. The summed E-state index contributed by atoms with van der Waals surface area (Å²) in [6.45, 7) is 3.17. The third kappa shape index (κ3) is 14.4. The van der Waals surface area contributed by atoms with E-state index in [1.165, 1.54) is 57.8 Å². The molecule has 3 atom stereocenters. The molecule has 1 aliphatic rings. The highest BCUT2D eigenvalue weighted by Crippen LogP contribution is 2.40. The molecule has 296 valence electrons. The van der Waals surface area contributed by atoms with Gasteiger partial charge in [-0.25, -0.2) is 0 Å². The maximum Gasteiger partial charge on any atom is 0.223 e. The fourth-order valence-corrected chi connectivity index (χ4v) is 7.49. The second-order valence-electron chi connectivity index (χ2n) is 14.8. The molecule has 8 heteroatoms. The predicted molar refractivity (Wildman–Crippen MR) is 217 cm³/mol. The Balaban J connectivity index is 1.27. The summed E-state index contributed by atoms with van der Waals surface area (Å²) in [4.78, 5) is 28.0. The smallest absolute Gasteiger partial charge is 0.223 e. The number of hydrogen-bond acceptors (Lipinski definition) is 6. The van der Waals surface area contributed by atoms with Crippen molar-refractivity contribution in [2.45, 2.75) is 140 Å². The Kier molecular flexibility index (Phi) is 19.5. The zero-order valence-electron chi connectivity index (χ0n) is 33.2. The number of methoxy groups -OCH3 is 2. The number of carbonyl (C=O) groups excluding carboxylic acids is 2. The molecule has 1 saturated heterocycles. The van der Waals surface area contributed by atoms with Crippen LogP contribution in [0.5, 0.6) is 11.5 Å². The van der Waals surface area contributed by atoms with Crippen LogP contribution in [0.3, 0.4) is 0 Å². The number of β-amino-alcohol motifs (C(OH)–C–C–N with tert-alkyl or cyclic N) is 1. The van der Waals surface area contributed by atoms with Gasteiger partial charge in [-0.3, -0.25) is 9.59 Å². The molecule has 1 fully saturated rings. The van der Waals surface area contributed by atoms with E-state index in [0.29, 0.717) is 25.8 Å². The van der Waals surface area contributed by atoms with Gasteiger partial charge in [-0.05, 0) is 66.6 Å². The molecule has 0 radical (unpaired) electrons. The van der Waals surface area contributed by atoms with Crippen LogP contribution in [0, 0.1) is 0 Å². The van der Waals surface area contributed by atoms with E-state index < -0.39 is 18.3 Å². The highest BCUT2D eigenvalue weighted by atomic mass is 16.5. The van der Waals surface area contributed by atoms with Gasteiger partial charge in [-0.2, -0.15) is 0 Å². The first-order valence-electron chi connectivity index (χ1n) is 20.7. The quantitative estimate of drug-likeness (QED) is 0.0795. The predicted octanol–water partition coefficient (Wildman–Crippen LogP) is 9.89. The van der Waals surface area contributed by atoms with Crippen molar-refractivity contribution < 1.29 is 28.9 Å². The maximum absolute atomic E-state index is 13.8. The number of likely N-dealkylation sites (tertiary alicyclic amines) is 1. The fourth-order valence-electron chi connectivity index (χ4n) is 7.49. The monoisotopic (exact) mass is 742 g/mol. The number of nitrogens with zero attached hydrogens (tertiary/aromatic N) is 1. The molecule has 1 heterocycles. The lowest BCUT2D eigenvalue weighted by Crippen LogP contribution is -2.40. The fraction of sp³-hybridized carbons (Fsp3) is 0.565. The molecule has 4 rings (SSSR count). The molecular formula is C46H66N2O6. The normalized spacial score (nSPS) is 16.1. The molecule has 0 spiro atoms. The van der Waals surface area contributed by atoms with Crippen LogP contribution in [-0.2, 0) is 14.3 Å². The largest absolute Gasteiger partial charge is 0.497 e. The minimum Gasteiger partial charge on any atom is -0.497 e. The minimum atomic E-state index is -0.635. The molecule has 3 unspecified atom stereocenters. The van der Waals surface area contributed by atoms with Crippen LogP contribution in [0.1, 0.15) is 145 Å². The summed E-state index contributed by atoms with van der Waals surface area (Å²) >= 11 is 0. The molecule has 1 aliphatic heterocycles. The van der Waals surface area contributed by atoms with Gasteiger partial charge in [0, 0.05) is 25.9 Å². The van der Waals surface area contributed by atoms with Crippen molar-refractivity contribution in [1.82, 2.24) is 10.2 Å². The van der Waals surface area contributed by atoms with Gasteiger partial charge in [-0.1, -0.05) is 132 Å². The topological polar surface area (TPSA) is 97.3 Å². The first-order chi connectivity index (χ1) is 26.4. The van der Waals surface area contributed by atoms with Crippen molar-refractivity contribution in [3.05, 3.63) is 95.6 Å². The van der Waals surface area contributed by atoms with E-state index in [1.54, 1.807) is 14.2 Å².